The zero-order valence-corrected chi connectivity index (χ0v) is 16.6. The zero-order valence-electron chi connectivity index (χ0n) is 16.6. The molecule has 0 fully saturated rings. The third-order valence-corrected chi connectivity index (χ3v) is 3.96. The van der Waals surface area contributed by atoms with E-state index in [1.807, 2.05) is 31.2 Å². The van der Waals surface area contributed by atoms with Crippen molar-refractivity contribution in [2.75, 3.05) is 45.7 Å². The minimum atomic E-state index is -0.165. The van der Waals surface area contributed by atoms with Gasteiger partial charge in [0.25, 0.3) is 11.8 Å². The molecule has 3 N–H and O–H groups in total. The van der Waals surface area contributed by atoms with Gasteiger partial charge in [-0.25, -0.2) is 0 Å². The van der Waals surface area contributed by atoms with Crippen molar-refractivity contribution in [2.45, 2.75) is 6.92 Å². The van der Waals surface area contributed by atoms with Crippen molar-refractivity contribution in [2.24, 2.45) is 0 Å². The second kappa shape index (κ2) is 10.9. The van der Waals surface area contributed by atoms with Crippen LogP contribution in [-0.4, -0.2) is 52.2 Å². The van der Waals surface area contributed by atoms with Crippen molar-refractivity contribution in [3.05, 3.63) is 54.1 Å². The molecule has 0 saturated carbocycles. The van der Waals surface area contributed by atoms with Crippen molar-refractivity contribution >= 4 is 17.5 Å². The third kappa shape index (κ3) is 7.67. The summed E-state index contributed by atoms with van der Waals surface area (Å²) in [6.07, 6.45) is 0. The number of nitrogens with one attached hydrogen (secondary N) is 3. The summed E-state index contributed by atoms with van der Waals surface area (Å²) >= 11 is 0. The highest BCUT2D eigenvalue weighted by Gasteiger charge is 2.14. The van der Waals surface area contributed by atoms with Gasteiger partial charge in [-0.1, -0.05) is 18.2 Å². The molecule has 2 rings (SSSR count). The molecule has 0 aliphatic rings. The lowest BCUT2D eigenvalue weighted by Gasteiger charge is -2.14. The molecule has 150 valence electrons. The van der Waals surface area contributed by atoms with Gasteiger partial charge in [0.05, 0.1) is 20.7 Å². The number of aryl methyl sites for hydroxylation is 1. The first-order valence-corrected chi connectivity index (χ1v) is 9.17. The third-order valence-electron chi connectivity index (χ3n) is 3.96. The van der Waals surface area contributed by atoms with Crippen LogP contribution < -0.4 is 25.0 Å². The maximum atomic E-state index is 12.1. The smallest absolute Gasteiger partial charge is 0.279 e. The summed E-state index contributed by atoms with van der Waals surface area (Å²) in [4.78, 5) is 24.9. The van der Waals surface area contributed by atoms with E-state index in [0.717, 1.165) is 16.2 Å². The Morgan fingerprint density at radius 1 is 1.00 bits per heavy atom. The molecule has 2 amide bonds. The Hall–Kier alpha value is -3.06. The maximum absolute atomic E-state index is 12.1. The van der Waals surface area contributed by atoms with E-state index in [9.17, 15) is 9.59 Å². The molecule has 0 bridgehead atoms. The van der Waals surface area contributed by atoms with E-state index in [-0.39, 0.29) is 24.9 Å². The van der Waals surface area contributed by atoms with Crippen molar-refractivity contribution in [1.82, 2.24) is 5.32 Å². The number of amides is 2. The highest BCUT2D eigenvalue weighted by atomic mass is 16.5. The summed E-state index contributed by atoms with van der Waals surface area (Å²) in [5, 5.41) is 5.61. The highest BCUT2D eigenvalue weighted by molar-refractivity contribution is 5.91. The number of hydrogen-bond acceptors (Lipinski definition) is 4. The number of carbonyl (C=O) groups is 2. The maximum Gasteiger partial charge on any atom is 0.279 e. The second-order valence-corrected chi connectivity index (χ2v) is 6.61. The first-order chi connectivity index (χ1) is 13.5. The molecule has 7 nitrogen and oxygen atoms in total. The van der Waals surface area contributed by atoms with Crippen LogP contribution in [0.3, 0.4) is 0 Å². The Morgan fingerprint density at radius 3 is 2.46 bits per heavy atom. The number of methoxy groups -OCH3 is 1. The molecular formula is C21H28N3O4+. The fraction of sp³-hybridized carbons (Fsp3) is 0.333. The molecule has 28 heavy (non-hydrogen) atoms. The normalized spacial score (nSPS) is 11.4. The highest BCUT2D eigenvalue weighted by Crippen LogP contribution is 2.16. The van der Waals surface area contributed by atoms with Gasteiger partial charge in [0.1, 0.15) is 18.1 Å². The standard InChI is InChI=1S/C21H27N3O4/c1-16-6-4-9-19(12-16)28-11-10-22-20(25)14-24(2)15-21(26)23-17-7-5-8-18(13-17)27-3/h4-9,12-13H,10-11,14-15H2,1-3H3,(H,22,25)(H,23,26)/p+1. The number of anilines is 1. The Kier molecular flexibility index (Phi) is 8.30. The van der Waals surface area contributed by atoms with Crippen LogP contribution in [0.1, 0.15) is 5.56 Å². The number of hydrogen-bond donors (Lipinski definition) is 3. The van der Waals surface area contributed by atoms with Crippen LogP contribution in [0.15, 0.2) is 48.5 Å². The van der Waals surface area contributed by atoms with Gasteiger partial charge in [0, 0.05) is 11.8 Å². The van der Waals surface area contributed by atoms with Gasteiger partial charge in [0.2, 0.25) is 0 Å². The van der Waals surface area contributed by atoms with Gasteiger partial charge in [-0.15, -0.1) is 0 Å². The van der Waals surface area contributed by atoms with Crippen LogP contribution in [0, 0.1) is 6.92 Å². The minimum absolute atomic E-state index is 0.125. The number of quaternary nitrogens is 1. The van der Waals surface area contributed by atoms with Gasteiger partial charge in [0.15, 0.2) is 13.1 Å². The quantitative estimate of drug-likeness (QED) is 0.524. The van der Waals surface area contributed by atoms with Crippen LogP contribution in [0.5, 0.6) is 11.5 Å². The summed E-state index contributed by atoms with van der Waals surface area (Å²) in [6, 6.07) is 14.9. The van der Waals surface area contributed by atoms with E-state index in [1.54, 1.807) is 38.4 Å². The lowest BCUT2D eigenvalue weighted by atomic mass is 10.2. The number of likely N-dealkylation sites (N-methyl/N-ethyl adjacent to an activating group) is 1. The molecule has 7 heteroatoms. The molecule has 0 aliphatic carbocycles. The van der Waals surface area contributed by atoms with Gasteiger partial charge < -0.3 is 25.0 Å². The second-order valence-electron chi connectivity index (χ2n) is 6.61. The van der Waals surface area contributed by atoms with Crippen LogP contribution in [-0.2, 0) is 9.59 Å². The van der Waals surface area contributed by atoms with Crippen molar-refractivity contribution in [3.63, 3.8) is 0 Å². The molecule has 0 radical (unpaired) electrons. The summed E-state index contributed by atoms with van der Waals surface area (Å²) in [5.74, 6) is 1.16. The van der Waals surface area contributed by atoms with Gasteiger partial charge in [-0.05, 0) is 36.8 Å². The zero-order chi connectivity index (χ0) is 20.4. The molecule has 2 aromatic carbocycles. The average Bonchev–Trinajstić information content (AvgIpc) is 2.65. The fourth-order valence-electron chi connectivity index (χ4n) is 2.64. The predicted molar refractivity (Wildman–Crippen MR) is 108 cm³/mol. The molecular weight excluding hydrogens is 358 g/mol. The van der Waals surface area contributed by atoms with Crippen molar-refractivity contribution in [3.8, 4) is 11.5 Å². The fourth-order valence-corrected chi connectivity index (χ4v) is 2.64. The molecule has 0 saturated heterocycles. The average molecular weight is 386 g/mol. The van der Waals surface area contributed by atoms with Crippen LogP contribution in [0.4, 0.5) is 5.69 Å². The number of benzene rings is 2. The Balaban J connectivity index is 1.65. The van der Waals surface area contributed by atoms with Crippen LogP contribution in [0.25, 0.3) is 0 Å². The number of rotatable bonds is 10. The van der Waals surface area contributed by atoms with E-state index in [1.165, 1.54) is 0 Å². The van der Waals surface area contributed by atoms with E-state index >= 15 is 0 Å². The topological polar surface area (TPSA) is 81.1 Å². The van der Waals surface area contributed by atoms with Gasteiger partial charge >= 0.3 is 0 Å². The lowest BCUT2D eigenvalue weighted by Crippen LogP contribution is -3.11. The molecule has 0 heterocycles. The summed E-state index contributed by atoms with van der Waals surface area (Å²) in [6.45, 7) is 3.19. The molecule has 0 spiro atoms. The first-order valence-electron chi connectivity index (χ1n) is 9.17. The van der Waals surface area contributed by atoms with E-state index in [0.29, 0.717) is 24.6 Å². The number of ether oxygens (including phenoxy) is 2. The Morgan fingerprint density at radius 2 is 1.71 bits per heavy atom. The van der Waals surface area contributed by atoms with E-state index in [4.69, 9.17) is 9.47 Å². The Labute approximate surface area is 165 Å². The number of carbonyl (C=O) groups excluding carboxylic acids is 2. The van der Waals surface area contributed by atoms with Crippen molar-refractivity contribution < 1.29 is 24.0 Å². The summed E-state index contributed by atoms with van der Waals surface area (Å²) < 4.78 is 10.7. The first kappa shape index (κ1) is 21.2. The Bertz CT molecular complexity index is 795. The monoisotopic (exact) mass is 386 g/mol. The minimum Gasteiger partial charge on any atom is -0.497 e. The molecule has 2 aromatic rings. The van der Waals surface area contributed by atoms with E-state index in [2.05, 4.69) is 10.6 Å². The molecule has 0 aromatic heterocycles. The SMILES string of the molecule is COc1cccc(NC(=O)C[NH+](C)CC(=O)NCCOc2cccc(C)c2)c1. The summed E-state index contributed by atoms with van der Waals surface area (Å²) in [5.41, 5.74) is 1.79. The summed E-state index contributed by atoms with van der Waals surface area (Å²) in [7, 11) is 3.37. The molecule has 1 unspecified atom stereocenters. The van der Waals surface area contributed by atoms with E-state index < -0.39 is 0 Å². The van der Waals surface area contributed by atoms with Crippen LogP contribution in [0.2, 0.25) is 0 Å². The van der Waals surface area contributed by atoms with Gasteiger partial charge in [-0.2, -0.15) is 0 Å². The molecule has 0 aliphatic heterocycles. The van der Waals surface area contributed by atoms with Crippen LogP contribution >= 0.6 is 0 Å². The lowest BCUT2D eigenvalue weighted by molar-refractivity contribution is -0.862. The predicted octanol–water partition coefficient (Wildman–Crippen LogP) is 0.652. The van der Waals surface area contributed by atoms with Crippen molar-refractivity contribution in [1.29, 1.82) is 0 Å². The largest absolute Gasteiger partial charge is 0.497 e. The van der Waals surface area contributed by atoms with Gasteiger partial charge in [-0.3, -0.25) is 9.59 Å². The molecule has 1 atom stereocenters.